The van der Waals surface area contributed by atoms with Crippen LogP contribution in [0.4, 0.5) is 0 Å². The van der Waals surface area contributed by atoms with Crippen molar-refractivity contribution in [3.05, 3.63) is 79.6 Å². The molecule has 2 atom stereocenters. The summed E-state index contributed by atoms with van der Waals surface area (Å²) in [5, 5.41) is 48.8. The van der Waals surface area contributed by atoms with Gasteiger partial charge in [0.2, 0.25) is 5.91 Å². The molecule has 43 heavy (non-hydrogen) atoms. The molecule has 16 nitrogen and oxygen atoms in total. The maximum absolute atomic E-state index is 10.7. The molecule has 1 aliphatic rings. The summed E-state index contributed by atoms with van der Waals surface area (Å²) in [6, 6.07) is 4.91. The molecule has 0 bridgehead atoms. The number of phenolic OH excluding ortho intramolecular Hbond substituents is 1. The number of aliphatic hydroxyl groups is 1. The average molecular weight is 608 g/mol. The molecule has 11 N–H and O–H groups in total. The number of nitrogens with one attached hydrogen (secondary N) is 1. The van der Waals surface area contributed by atoms with Crippen molar-refractivity contribution < 1.29 is 54.6 Å². The quantitative estimate of drug-likeness (QED) is 0.173. The van der Waals surface area contributed by atoms with Crippen molar-refractivity contribution in [1.29, 1.82) is 0 Å². The maximum Gasteiger partial charge on any atom is 0.328 e. The number of aromatic nitrogens is 2. The predicted molar refractivity (Wildman–Crippen MR) is 154 cm³/mol. The molecule has 1 fully saturated rings. The lowest BCUT2D eigenvalue weighted by molar-refractivity contribution is -0.140. The highest BCUT2D eigenvalue weighted by atomic mass is 16.4. The van der Waals surface area contributed by atoms with Gasteiger partial charge < -0.3 is 52.0 Å². The molecule has 0 radical (unpaired) electrons. The molecule has 1 aromatic heterocycles. The second-order valence-electron chi connectivity index (χ2n) is 8.03. The number of carboxylic acid groups (broad SMARTS) is 4. The van der Waals surface area contributed by atoms with Crippen molar-refractivity contribution in [2.24, 2.45) is 11.5 Å². The number of aromatic amines is 1. The van der Waals surface area contributed by atoms with Gasteiger partial charge in [-0.25, -0.2) is 14.6 Å². The number of carbonyl (C=O) groups excluding carboxylic acids is 1. The standard InChI is InChI=1S/C8H8O.C6H9N3O2.C6H9NO.C4H4O4.C3H7NO3/c1-2-7-3-5-8(9)6-4-7;7-5(6(10)11)1-4-2-8-3-9-4;1-2-7-5-3-4-6(7)8;5-3(6)1-2-4(7)8;4-2(1-5)3(6)7/h2-6,9H,1H2;2-3,5H,1,7H2,(H,8,9)(H,10,11);2H,1,3-5H2;1-2H,(H,5,6)(H,7,8);2,5H,1,4H2,(H,6,7)/b;;;2-1-;. The number of aliphatic hydroxyl groups excluding tert-OH is 1. The number of aliphatic carboxylic acids is 4. The normalized spacial score (nSPS) is 12.7. The van der Waals surface area contributed by atoms with E-state index in [-0.39, 0.29) is 12.3 Å². The van der Waals surface area contributed by atoms with Crippen molar-refractivity contribution in [2.75, 3.05) is 13.2 Å². The van der Waals surface area contributed by atoms with E-state index in [1.807, 2.05) is 12.1 Å². The SMILES string of the molecule is C=CN1CCCC1=O.C=Cc1ccc(O)cc1.NC(CO)C(=O)O.NC(Cc1cnc[nH]1)C(=O)O.O=C(O)/C=C\C(=O)O. The van der Waals surface area contributed by atoms with Gasteiger partial charge in [-0.15, -0.1) is 0 Å². The number of nitrogens with two attached hydrogens (primary N) is 2. The third-order valence-electron chi connectivity index (χ3n) is 4.65. The van der Waals surface area contributed by atoms with Gasteiger partial charge in [0.05, 0.1) is 12.9 Å². The summed E-state index contributed by atoms with van der Waals surface area (Å²) in [6.45, 7) is 7.44. The summed E-state index contributed by atoms with van der Waals surface area (Å²) < 4.78 is 0. The number of likely N-dealkylation sites (tertiary alicyclic amines) is 1. The maximum atomic E-state index is 10.7. The van der Waals surface area contributed by atoms with Gasteiger partial charge in [-0.1, -0.05) is 31.4 Å². The predicted octanol–water partition coefficient (Wildman–Crippen LogP) is 0.254. The highest BCUT2D eigenvalue weighted by Crippen LogP contribution is 2.09. The smallest absolute Gasteiger partial charge is 0.328 e. The Morgan fingerprint density at radius 2 is 1.51 bits per heavy atom. The minimum atomic E-state index is -1.26. The summed E-state index contributed by atoms with van der Waals surface area (Å²) in [6.07, 6.45) is 9.47. The van der Waals surface area contributed by atoms with E-state index >= 15 is 0 Å². The zero-order valence-corrected chi connectivity index (χ0v) is 23.2. The molecule has 0 spiro atoms. The number of aromatic hydroxyl groups is 1. The highest BCUT2D eigenvalue weighted by molar-refractivity contribution is 5.89. The second kappa shape index (κ2) is 23.4. The Bertz CT molecular complexity index is 1170. The summed E-state index contributed by atoms with van der Waals surface area (Å²) in [5.74, 6) is -4.19. The molecular formula is C27H37N5O11. The van der Waals surface area contributed by atoms with E-state index in [4.69, 9.17) is 42.1 Å². The van der Waals surface area contributed by atoms with E-state index in [9.17, 15) is 24.0 Å². The fraction of sp³-hybridized carbons (Fsp3) is 0.259. The van der Waals surface area contributed by atoms with Crippen molar-refractivity contribution >= 4 is 35.9 Å². The van der Waals surface area contributed by atoms with Gasteiger partial charge in [-0.2, -0.15) is 0 Å². The number of carboxylic acids is 4. The zero-order chi connectivity index (χ0) is 33.4. The van der Waals surface area contributed by atoms with E-state index < -0.39 is 42.6 Å². The third-order valence-corrected chi connectivity index (χ3v) is 4.65. The number of rotatable bonds is 9. The van der Waals surface area contributed by atoms with Crippen LogP contribution in [0.5, 0.6) is 5.75 Å². The van der Waals surface area contributed by atoms with Gasteiger partial charge in [0.1, 0.15) is 17.8 Å². The summed E-state index contributed by atoms with van der Waals surface area (Å²) in [4.78, 5) is 57.8. The molecule has 2 heterocycles. The summed E-state index contributed by atoms with van der Waals surface area (Å²) in [5.41, 5.74) is 11.8. The first-order chi connectivity index (χ1) is 20.2. The van der Waals surface area contributed by atoms with Crippen molar-refractivity contribution in [1.82, 2.24) is 14.9 Å². The Kier molecular flexibility index (Phi) is 21.7. The lowest BCUT2D eigenvalue weighted by atomic mass is 10.2. The van der Waals surface area contributed by atoms with E-state index in [0.717, 1.165) is 24.2 Å². The van der Waals surface area contributed by atoms with Crippen molar-refractivity contribution in [3.63, 3.8) is 0 Å². The number of hydrogen-bond donors (Lipinski definition) is 9. The molecule has 2 unspecified atom stereocenters. The van der Waals surface area contributed by atoms with E-state index in [1.54, 1.807) is 35.5 Å². The van der Waals surface area contributed by atoms with Crippen LogP contribution in [0.25, 0.3) is 6.08 Å². The van der Waals surface area contributed by atoms with E-state index in [0.29, 0.717) is 24.3 Å². The number of imidazole rings is 1. The van der Waals surface area contributed by atoms with Crippen LogP contribution < -0.4 is 11.5 Å². The summed E-state index contributed by atoms with van der Waals surface area (Å²) >= 11 is 0. The summed E-state index contributed by atoms with van der Waals surface area (Å²) in [7, 11) is 0. The molecule has 1 amide bonds. The Balaban J connectivity index is 0. The molecule has 1 saturated heterocycles. The van der Waals surface area contributed by atoms with E-state index in [2.05, 4.69) is 23.1 Å². The lowest BCUT2D eigenvalue weighted by Crippen LogP contribution is -2.33. The van der Waals surface area contributed by atoms with Gasteiger partial charge >= 0.3 is 23.9 Å². The van der Waals surface area contributed by atoms with Gasteiger partial charge in [-0.05, 0) is 30.3 Å². The van der Waals surface area contributed by atoms with Crippen LogP contribution in [-0.2, 0) is 30.4 Å². The monoisotopic (exact) mass is 607 g/mol. The first-order valence-electron chi connectivity index (χ1n) is 12.2. The van der Waals surface area contributed by atoms with Gasteiger partial charge in [-0.3, -0.25) is 14.4 Å². The Hall–Kier alpha value is -5.32. The second-order valence-corrected chi connectivity index (χ2v) is 8.03. The van der Waals surface area contributed by atoms with Gasteiger partial charge in [0.15, 0.2) is 0 Å². The first kappa shape index (κ1) is 39.8. The zero-order valence-electron chi connectivity index (χ0n) is 23.2. The Morgan fingerprint density at radius 3 is 1.79 bits per heavy atom. The van der Waals surface area contributed by atoms with Crippen LogP contribution in [-0.4, -0.2) is 101 Å². The Labute approximate surface area is 246 Å². The molecule has 236 valence electrons. The van der Waals surface area contributed by atoms with Gasteiger partial charge in [0.25, 0.3) is 0 Å². The van der Waals surface area contributed by atoms with Gasteiger partial charge in [0, 0.05) is 43.4 Å². The number of carbonyl (C=O) groups is 5. The largest absolute Gasteiger partial charge is 0.508 e. The molecule has 2 aromatic rings. The Morgan fingerprint density at radius 1 is 0.977 bits per heavy atom. The fourth-order valence-corrected chi connectivity index (χ4v) is 2.41. The number of amides is 1. The molecule has 0 aliphatic carbocycles. The number of phenols is 1. The van der Waals surface area contributed by atoms with Crippen molar-refractivity contribution in [2.45, 2.75) is 31.3 Å². The molecule has 1 aromatic carbocycles. The topological polar surface area (TPSA) is 291 Å². The molecule has 1 aliphatic heterocycles. The molecular weight excluding hydrogens is 570 g/mol. The molecule has 0 saturated carbocycles. The first-order valence-corrected chi connectivity index (χ1v) is 12.2. The number of benzene rings is 1. The minimum absolute atomic E-state index is 0.208. The third kappa shape index (κ3) is 22.1. The molecule has 3 rings (SSSR count). The van der Waals surface area contributed by atoms with Crippen molar-refractivity contribution in [3.8, 4) is 5.75 Å². The van der Waals surface area contributed by atoms with Crippen LogP contribution in [0.15, 0.2) is 68.3 Å². The van der Waals surface area contributed by atoms with Crippen LogP contribution in [0, 0.1) is 0 Å². The number of hydrogen-bond acceptors (Lipinski definition) is 10. The average Bonchev–Trinajstić information content (AvgIpc) is 3.64. The number of nitrogens with zero attached hydrogens (tertiary/aromatic N) is 2. The van der Waals surface area contributed by atoms with Crippen LogP contribution >= 0.6 is 0 Å². The van der Waals surface area contributed by atoms with Crippen LogP contribution in [0.2, 0.25) is 0 Å². The van der Waals surface area contributed by atoms with Crippen LogP contribution in [0.3, 0.4) is 0 Å². The molecule has 16 heteroatoms. The van der Waals surface area contributed by atoms with E-state index in [1.165, 1.54) is 6.33 Å². The fourth-order valence-electron chi connectivity index (χ4n) is 2.41. The lowest BCUT2D eigenvalue weighted by Gasteiger charge is -2.05. The highest BCUT2D eigenvalue weighted by Gasteiger charge is 2.16. The van der Waals surface area contributed by atoms with Crippen LogP contribution in [0.1, 0.15) is 24.1 Å². The minimum Gasteiger partial charge on any atom is -0.508 e. The number of H-pyrrole nitrogens is 1.